The maximum Gasteiger partial charge on any atom is 0.191 e. The molecule has 128 valence electrons. The van der Waals surface area contributed by atoms with Crippen molar-refractivity contribution in [3.8, 4) is 0 Å². The van der Waals surface area contributed by atoms with E-state index in [1.807, 2.05) is 7.05 Å². The molecular formula is C17H34N4S. The number of thioether (sulfide) groups is 1. The van der Waals surface area contributed by atoms with E-state index >= 15 is 0 Å². The van der Waals surface area contributed by atoms with Crippen LogP contribution in [0.15, 0.2) is 4.99 Å². The van der Waals surface area contributed by atoms with E-state index in [0.29, 0.717) is 6.04 Å². The first-order valence-electron chi connectivity index (χ1n) is 8.99. The first-order chi connectivity index (χ1) is 10.7. The highest BCUT2D eigenvalue weighted by molar-refractivity contribution is 8.00. The second kappa shape index (κ2) is 9.66. The van der Waals surface area contributed by atoms with Crippen LogP contribution in [0.25, 0.3) is 0 Å². The van der Waals surface area contributed by atoms with E-state index in [2.05, 4.69) is 46.1 Å². The molecule has 2 aliphatic heterocycles. The highest BCUT2D eigenvalue weighted by Crippen LogP contribution is 2.25. The molecule has 2 heterocycles. The summed E-state index contributed by atoms with van der Waals surface area (Å²) in [4.78, 5) is 7.05. The van der Waals surface area contributed by atoms with E-state index in [9.17, 15) is 0 Å². The molecule has 0 radical (unpaired) electrons. The lowest BCUT2D eigenvalue weighted by molar-refractivity contribution is 0.213. The molecule has 2 saturated heterocycles. The van der Waals surface area contributed by atoms with Crippen molar-refractivity contribution in [2.75, 3.05) is 39.0 Å². The quantitative estimate of drug-likeness (QED) is 0.557. The lowest BCUT2D eigenvalue weighted by Crippen LogP contribution is -2.47. The van der Waals surface area contributed by atoms with Crippen LogP contribution in [0.5, 0.6) is 0 Å². The Labute approximate surface area is 140 Å². The van der Waals surface area contributed by atoms with E-state index in [-0.39, 0.29) is 0 Å². The van der Waals surface area contributed by atoms with Crippen molar-refractivity contribution in [2.45, 2.75) is 57.2 Å². The summed E-state index contributed by atoms with van der Waals surface area (Å²) in [6, 6.07) is 0.641. The van der Waals surface area contributed by atoms with Gasteiger partial charge in [0.15, 0.2) is 5.96 Å². The zero-order valence-electron chi connectivity index (χ0n) is 14.6. The Morgan fingerprint density at radius 1 is 1.23 bits per heavy atom. The van der Waals surface area contributed by atoms with Gasteiger partial charge in [0.05, 0.1) is 0 Å². The van der Waals surface area contributed by atoms with Crippen LogP contribution in [0.4, 0.5) is 0 Å². The molecule has 22 heavy (non-hydrogen) atoms. The summed E-state index contributed by atoms with van der Waals surface area (Å²) in [7, 11) is 1.88. The van der Waals surface area contributed by atoms with Gasteiger partial charge in [-0.15, -0.1) is 0 Å². The predicted octanol–water partition coefficient (Wildman–Crippen LogP) is 2.56. The summed E-state index contributed by atoms with van der Waals surface area (Å²) in [5.74, 6) is 3.04. The molecule has 0 aromatic rings. The minimum atomic E-state index is 0.641. The first kappa shape index (κ1) is 17.9. The first-order valence-corrected chi connectivity index (χ1v) is 10.0. The number of aliphatic imine (C=N–C) groups is 1. The minimum Gasteiger partial charge on any atom is -0.355 e. The number of likely N-dealkylation sites (tertiary alicyclic amines) is 1. The van der Waals surface area contributed by atoms with Gasteiger partial charge in [0.1, 0.15) is 0 Å². The maximum atomic E-state index is 4.39. The lowest BCUT2D eigenvalue weighted by atomic mass is 10.0. The molecule has 0 aromatic carbocycles. The third-order valence-electron chi connectivity index (χ3n) is 4.65. The predicted molar refractivity (Wildman–Crippen MR) is 98.9 cm³/mol. The lowest BCUT2D eigenvalue weighted by Gasteiger charge is -2.30. The van der Waals surface area contributed by atoms with Crippen LogP contribution in [0, 0.1) is 5.92 Å². The number of hydrogen-bond acceptors (Lipinski definition) is 3. The van der Waals surface area contributed by atoms with Crippen LogP contribution in [-0.2, 0) is 0 Å². The normalized spacial score (nSPS) is 24.9. The fourth-order valence-corrected chi connectivity index (χ4v) is 4.66. The maximum absolute atomic E-state index is 4.39. The summed E-state index contributed by atoms with van der Waals surface area (Å²) in [5, 5.41) is 7.84. The molecule has 2 N–H and O–H groups in total. The van der Waals surface area contributed by atoms with Crippen molar-refractivity contribution in [2.24, 2.45) is 10.9 Å². The monoisotopic (exact) mass is 326 g/mol. The van der Waals surface area contributed by atoms with E-state index in [1.165, 1.54) is 50.9 Å². The number of nitrogens with one attached hydrogen (secondary N) is 2. The summed E-state index contributed by atoms with van der Waals surface area (Å²) < 4.78 is 0. The second-order valence-corrected chi connectivity index (χ2v) is 8.40. The molecule has 4 nitrogen and oxygen atoms in total. The summed E-state index contributed by atoms with van der Waals surface area (Å²) in [6.07, 6.45) is 6.70. The van der Waals surface area contributed by atoms with Gasteiger partial charge in [0.25, 0.3) is 0 Å². The largest absolute Gasteiger partial charge is 0.355 e. The molecule has 2 rings (SSSR count). The zero-order chi connectivity index (χ0) is 15.8. The SMILES string of the molecule is CN=C(NCC1CCCS1)NCC(CC(C)C)N1CCCC1. The average Bonchev–Trinajstić information content (AvgIpc) is 3.19. The third kappa shape index (κ3) is 5.99. The zero-order valence-corrected chi connectivity index (χ0v) is 15.4. The molecule has 0 aliphatic carbocycles. The number of guanidine groups is 1. The van der Waals surface area contributed by atoms with E-state index in [1.54, 1.807) is 0 Å². The van der Waals surface area contributed by atoms with Gasteiger partial charge < -0.3 is 10.6 Å². The topological polar surface area (TPSA) is 39.7 Å². The molecule has 2 fully saturated rings. The molecule has 0 saturated carbocycles. The highest BCUT2D eigenvalue weighted by Gasteiger charge is 2.23. The number of hydrogen-bond donors (Lipinski definition) is 2. The Bertz CT molecular complexity index is 334. The molecule has 0 spiro atoms. The van der Waals surface area contributed by atoms with Gasteiger partial charge in [-0.1, -0.05) is 13.8 Å². The fraction of sp³-hybridized carbons (Fsp3) is 0.941. The van der Waals surface area contributed by atoms with Gasteiger partial charge >= 0.3 is 0 Å². The van der Waals surface area contributed by atoms with Gasteiger partial charge in [-0.3, -0.25) is 9.89 Å². The Hall–Kier alpha value is -0.420. The van der Waals surface area contributed by atoms with Crippen LogP contribution in [0.3, 0.4) is 0 Å². The van der Waals surface area contributed by atoms with E-state index < -0.39 is 0 Å². The molecular weight excluding hydrogens is 292 g/mol. The van der Waals surface area contributed by atoms with Gasteiger partial charge in [-0.25, -0.2) is 0 Å². The van der Waals surface area contributed by atoms with Crippen molar-refractivity contribution >= 4 is 17.7 Å². The van der Waals surface area contributed by atoms with E-state index in [4.69, 9.17) is 0 Å². The summed E-state index contributed by atoms with van der Waals surface area (Å²) in [6.45, 7) is 9.24. The molecule has 2 unspecified atom stereocenters. The summed E-state index contributed by atoms with van der Waals surface area (Å²) in [5.41, 5.74) is 0. The van der Waals surface area contributed by atoms with Gasteiger partial charge in [0, 0.05) is 31.4 Å². The minimum absolute atomic E-state index is 0.641. The van der Waals surface area contributed by atoms with E-state index in [0.717, 1.165) is 30.2 Å². The van der Waals surface area contributed by atoms with Crippen LogP contribution in [0.2, 0.25) is 0 Å². The van der Waals surface area contributed by atoms with Crippen molar-refractivity contribution in [3.05, 3.63) is 0 Å². The molecule has 5 heteroatoms. The summed E-state index contributed by atoms with van der Waals surface area (Å²) >= 11 is 2.09. The van der Waals surface area contributed by atoms with Gasteiger partial charge in [-0.05, 0) is 56.9 Å². The van der Waals surface area contributed by atoms with Crippen LogP contribution in [-0.4, -0.2) is 61.1 Å². The standard InChI is InChI=1S/C17H34N4S/c1-14(2)11-15(21-8-4-5-9-21)12-19-17(18-3)20-13-16-7-6-10-22-16/h14-16H,4-13H2,1-3H3,(H2,18,19,20). The van der Waals surface area contributed by atoms with Crippen molar-refractivity contribution in [3.63, 3.8) is 0 Å². The molecule has 0 bridgehead atoms. The van der Waals surface area contributed by atoms with Gasteiger partial charge in [-0.2, -0.15) is 11.8 Å². The van der Waals surface area contributed by atoms with Crippen LogP contribution >= 0.6 is 11.8 Å². The van der Waals surface area contributed by atoms with Crippen molar-refractivity contribution in [1.82, 2.24) is 15.5 Å². The number of nitrogens with zero attached hydrogens (tertiary/aromatic N) is 2. The Kier molecular flexibility index (Phi) is 7.87. The van der Waals surface area contributed by atoms with Crippen molar-refractivity contribution < 1.29 is 0 Å². The van der Waals surface area contributed by atoms with Gasteiger partial charge in [0.2, 0.25) is 0 Å². The fourth-order valence-electron chi connectivity index (χ4n) is 3.46. The average molecular weight is 327 g/mol. The highest BCUT2D eigenvalue weighted by atomic mass is 32.2. The molecule has 0 aromatic heterocycles. The Balaban J connectivity index is 1.75. The van der Waals surface area contributed by atoms with Crippen molar-refractivity contribution in [1.29, 1.82) is 0 Å². The molecule has 2 aliphatic rings. The Morgan fingerprint density at radius 3 is 2.59 bits per heavy atom. The van der Waals surface area contributed by atoms with Crippen LogP contribution in [0.1, 0.15) is 46.0 Å². The molecule has 0 amide bonds. The third-order valence-corrected chi connectivity index (χ3v) is 6.05. The number of rotatable bonds is 7. The second-order valence-electron chi connectivity index (χ2n) is 7.00. The smallest absolute Gasteiger partial charge is 0.191 e. The van der Waals surface area contributed by atoms with Crippen LogP contribution < -0.4 is 10.6 Å². The Morgan fingerprint density at radius 2 is 2.00 bits per heavy atom. The molecule has 2 atom stereocenters.